The molecule has 24 heavy (non-hydrogen) atoms. The Morgan fingerprint density at radius 2 is 1.88 bits per heavy atom. The van der Waals surface area contributed by atoms with Crippen LogP contribution in [0.15, 0.2) is 24.3 Å². The van der Waals surface area contributed by atoms with Crippen LogP contribution in [0.3, 0.4) is 0 Å². The fourth-order valence-electron chi connectivity index (χ4n) is 2.09. The Labute approximate surface area is 143 Å². The Morgan fingerprint density at radius 1 is 1.29 bits per heavy atom. The number of nitrogens with one attached hydrogen (secondary N) is 1. The van der Waals surface area contributed by atoms with E-state index in [1.165, 1.54) is 0 Å². The van der Waals surface area contributed by atoms with Crippen molar-refractivity contribution in [1.29, 1.82) is 0 Å². The standard InChI is InChI=1S/C16H19ClN2O5/c1-16(2,17)24-15-11-6-4-3-5-10(11)13(22)12(19-15)14(23)18-9(7-20)8-21/h3-6,9,20-22H,7-8H2,1-2H3,(H,18,23). The number of hydrogen-bond acceptors (Lipinski definition) is 6. The van der Waals surface area contributed by atoms with E-state index in [0.717, 1.165) is 0 Å². The number of ether oxygens (including phenoxy) is 1. The van der Waals surface area contributed by atoms with Gasteiger partial charge in [-0.15, -0.1) is 0 Å². The number of rotatable bonds is 6. The molecule has 0 aliphatic heterocycles. The van der Waals surface area contributed by atoms with E-state index in [1.807, 2.05) is 0 Å². The molecule has 1 aromatic heterocycles. The molecule has 0 aliphatic rings. The van der Waals surface area contributed by atoms with Crippen molar-refractivity contribution < 1.29 is 24.9 Å². The summed E-state index contributed by atoms with van der Waals surface area (Å²) in [4.78, 5) is 16.4. The number of fused-ring (bicyclic) bond motifs is 1. The first kappa shape index (κ1) is 18.3. The van der Waals surface area contributed by atoms with Crippen molar-refractivity contribution in [2.45, 2.75) is 24.9 Å². The minimum absolute atomic E-state index is 0.0955. The summed E-state index contributed by atoms with van der Waals surface area (Å²) in [5.41, 5.74) is -0.281. The quantitative estimate of drug-likeness (QED) is 0.583. The van der Waals surface area contributed by atoms with Gasteiger partial charge in [0.15, 0.2) is 16.5 Å². The number of hydrogen-bond donors (Lipinski definition) is 4. The van der Waals surface area contributed by atoms with Gasteiger partial charge in [-0.3, -0.25) is 4.79 Å². The average molecular weight is 355 g/mol. The lowest BCUT2D eigenvalue weighted by Gasteiger charge is -2.20. The Balaban J connectivity index is 2.54. The molecule has 8 heteroatoms. The second kappa shape index (κ2) is 7.21. The predicted molar refractivity (Wildman–Crippen MR) is 89.4 cm³/mol. The summed E-state index contributed by atoms with van der Waals surface area (Å²) in [6.07, 6.45) is 0. The first-order chi connectivity index (χ1) is 11.3. The van der Waals surface area contributed by atoms with E-state index in [9.17, 15) is 9.90 Å². The van der Waals surface area contributed by atoms with Crippen LogP contribution in [0.25, 0.3) is 10.8 Å². The van der Waals surface area contributed by atoms with Gasteiger partial charge < -0.3 is 25.4 Å². The monoisotopic (exact) mass is 354 g/mol. The van der Waals surface area contributed by atoms with Gasteiger partial charge in [0.05, 0.1) is 19.3 Å². The minimum atomic E-state index is -1.07. The maximum atomic E-state index is 12.3. The lowest BCUT2D eigenvalue weighted by molar-refractivity contribution is 0.0869. The van der Waals surface area contributed by atoms with E-state index >= 15 is 0 Å². The Kier molecular flexibility index (Phi) is 5.48. The van der Waals surface area contributed by atoms with E-state index in [-0.39, 0.29) is 17.3 Å². The Bertz CT molecular complexity index is 741. The number of nitrogens with zero attached hydrogens (tertiary/aromatic N) is 1. The molecule has 1 amide bonds. The molecular weight excluding hydrogens is 336 g/mol. The minimum Gasteiger partial charge on any atom is -0.505 e. The lowest BCUT2D eigenvalue weighted by Crippen LogP contribution is -2.40. The molecule has 2 aromatic rings. The summed E-state index contributed by atoms with van der Waals surface area (Å²) >= 11 is 6.08. The number of halogens is 1. The highest BCUT2D eigenvalue weighted by Gasteiger charge is 2.24. The highest BCUT2D eigenvalue weighted by atomic mass is 35.5. The smallest absolute Gasteiger partial charge is 0.274 e. The first-order valence-corrected chi connectivity index (χ1v) is 7.67. The molecule has 0 saturated carbocycles. The second-order valence-corrected chi connectivity index (χ2v) is 6.57. The average Bonchev–Trinajstić information content (AvgIpc) is 2.54. The number of amides is 1. The zero-order valence-electron chi connectivity index (χ0n) is 13.3. The van der Waals surface area contributed by atoms with Crippen LogP contribution in [0.1, 0.15) is 24.3 Å². The highest BCUT2D eigenvalue weighted by Crippen LogP contribution is 2.35. The fraction of sp³-hybridized carbons (Fsp3) is 0.375. The van der Waals surface area contributed by atoms with E-state index < -0.39 is 30.2 Å². The van der Waals surface area contributed by atoms with Crippen molar-refractivity contribution in [3.05, 3.63) is 30.0 Å². The number of aliphatic hydroxyl groups is 2. The van der Waals surface area contributed by atoms with Crippen molar-refractivity contribution in [3.8, 4) is 11.6 Å². The van der Waals surface area contributed by atoms with Gasteiger partial charge in [0.2, 0.25) is 5.88 Å². The van der Waals surface area contributed by atoms with Crippen LogP contribution in [0, 0.1) is 0 Å². The molecule has 0 spiro atoms. The summed E-state index contributed by atoms with van der Waals surface area (Å²) in [5, 5.41) is 30.7. The van der Waals surface area contributed by atoms with Gasteiger partial charge in [-0.2, -0.15) is 0 Å². The van der Waals surface area contributed by atoms with Crippen LogP contribution in [-0.2, 0) is 0 Å². The fourth-order valence-corrected chi connectivity index (χ4v) is 2.16. The normalized spacial score (nSPS) is 11.8. The third-order valence-electron chi connectivity index (χ3n) is 3.18. The highest BCUT2D eigenvalue weighted by molar-refractivity contribution is 6.22. The predicted octanol–water partition coefficient (Wildman–Crippen LogP) is 1.38. The number of aromatic nitrogens is 1. The van der Waals surface area contributed by atoms with Crippen molar-refractivity contribution >= 4 is 28.3 Å². The summed E-state index contributed by atoms with van der Waals surface area (Å²) in [5.74, 6) is -0.973. The van der Waals surface area contributed by atoms with Gasteiger partial charge in [0.1, 0.15) is 0 Å². The maximum absolute atomic E-state index is 12.3. The molecule has 0 fully saturated rings. The summed E-state index contributed by atoms with van der Waals surface area (Å²) in [7, 11) is 0. The third kappa shape index (κ3) is 4.05. The number of carbonyl (C=O) groups is 1. The van der Waals surface area contributed by atoms with E-state index in [0.29, 0.717) is 10.8 Å². The topological polar surface area (TPSA) is 112 Å². The first-order valence-electron chi connectivity index (χ1n) is 7.29. The molecule has 0 radical (unpaired) electrons. The van der Waals surface area contributed by atoms with Crippen LogP contribution in [-0.4, -0.2) is 50.5 Å². The molecule has 2 rings (SSSR count). The molecule has 0 unspecified atom stereocenters. The van der Waals surface area contributed by atoms with Crippen molar-refractivity contribution in [2.24, 2.45) is 0 Å². The van der Waals surface area contributed by atoms with Crippen molar-refractivity contribution in [3.63, 3.8) is 0 Å². The van der Waals surface area contributed by atoms with Crippen LogP contribution in [0.4, 0.5) is 0 Å². The summed E-state index contributed by atoms with van der Waals surface area (Å²) in [6, 6.07) is 5.88. The van der Waals surface area contributed by atoms with Crippen LogP contribution in [0.2, 0.25) is 0 Å². The molecule has 0 bridgehead atoms. The molecule has 0 saturated heterocycles. The SMILES string of the molecule is CC(C)(Cl)Oc1nc(C(=O)NC(CO)CO)c(O)c2ccccc12. The number of aliphatic hydroxyl groups excluding tert-OH is 2. The summed E-state index contributed by atoms with van der Waals surface area (Å²) < 4.78 is 5.58. The summed E-state index contributed by atoms with van der Waals surface area (Å²) in [6.45, 7) is 2.33. The number of benzene rings is 1. The molecule has 1 heterocycles. The van der Waals surface area contributed by atoms with E-state index in [2.05, 4.69) is 10.3 Å². The van der Waals surface area contributed by atoms with Gasteiger partial charge >= 0.3 is 0 Å². The molecule has 7 nitrogen and oxygen atoms in total. The molecule has 130 valence electrons. The third-order valence-corrected chi connectivity index (χ3v) is 3.26. The van der Waals surface area contributed by atoms with E-state index in [1.54, 1.807) is 38.1 Å². The Morgan fingerprint density at radius 3 is 2.42 bits per heavy atom. The van der Waals surface area contributed by atoms with Crippen LogP contribution >= 0.6 is 11.6 Å². The van der Waals surface area contributed by atoms with Gasteiger partial charge in [-0.1, -0.05) is 29.8 Å². The Hall–Kier alpha value is -2.09. The number of aromatic hydroxyl groups is 1. The van der Waals surface area contributed by atoms with Gasteiger partial charge in [-0.25, -0.2) is 4.98 Å². The molecule has 1 aromatic carbocycles. The second-order valence-electron chi connectivity index (χ2n) is 5.66. The largest absolute Gasteiger partial charge is 0.505 e. The van der Waals surface area contributed by atoms with Crippen LogP contribution in [0.5, 0.6) is 11.6 Å². The zero-order chi connectivity index (χ0) is 17.9. The number of pyridine rings is 1. The molecule has 0 atom stereocenters. The van der Waals surface area contributed by atoms with Gasteiger partial charge in [-0.05, 0) is 19.9 Å². The molecular formula is C16H19ClN2O5. The zero-order valence-corrected chi connectivity index (χ0v) is 14.0. The molecule has 4 N–H and O–H groups in total. The molecule has 0 aliphatic carbocycles. The van der Waals surface area contributed by atoms with Crippen molar-refractivity contribution in [1.82, 2.24) is 10.3 Å². The van der Waals surface area contributed by atoms with Crippen molar-refractivity contribution in [2.75, 3.05) is 13.2 Å². The number of alkyl halides is 1. The number of carbonyl (C=O) groups excluding carboxylic acids is 1. The maximum Gasteiger partial charge on any atom is 0.274 e. The van der Waals surface area contributed by atoms with Gasteiger partial charge in [0, 0.05) is 10.8 Å². The van der Waals surface area contributed by atoms with Crippen LogP contribution < -0.4 is 10.1 Å². The van der Waals surface area contributed by atoms with E-state index in [4.69, 9.17) is 26.6 Å². The lowest BCUT2D eigenvalue weighted by atomic mass is 10.1. The van der Waals surface area contributed by atoms with Gasteiger partial charge in [0.25, 0.3) is 5.91 Å².